The van der Waals surface area contributed by atoms with Gasteiger partial charge in [-0.25, -0.2) is 0 Å². The van der Waals surface area contributed by atoms with Gasteiger partial charge in [0.25, 0.3) is 0 Å². The van der Waals surface area contributed by atoms with Crippen molar-refractivity contribution in [2.45, 2.75) is 0 Å². The van der Waals surface area contributed by atoms with E-state index in [0.717, 1.165) is 0 Å². The molecule has 0 aliphatic heterocycles. The first-order chi connectivity index (χ1) is 8.00. The third-order valence-corrected chi connectivity index (χ3v) is 2.98. The van der Waals surface area contributed by atoms with E-state index in [9.17, 15) is 5.11 Å². The third kappa shape index (κ3) is 2.27. The van der Waals surface area contributed by atoms with Crippen LogP contribution in [-0.4, -0.2) is 10.3 Å². The van der Waals surface area contributed by atoms with Gasteiger partial charge in [-0.2, -0.15) is 0 Å². The van der Waals surface area contributed by atoms with Crippen LogP contribution < -0.4 is 0 Å². The van der Waals surface area contributed by atoms with Crippen LogP contribution in [0, 0.1) is 0 Å². The Labute approximate surface area is 112 Å². The minimum absolute atomic E-state index is 0.0904. The van der Waals surface area contributed by atoms with Crippen LogP contribution in [0.1, 0.15) is 5.69 Å². The van der Waals surface area contributed by atoms with Gasteiger partial charge in [0.05, 0.1) is 5.02 Å². The first kappa shape index (κ1) is 12.3. The van der Waals surface area contributed by atoms with Crippen LogP contribution in [0.4, 0.5) is 0 Å². The minimum Gasteiger partial charge on any atom is -0.506 e. The van der Waals surface area contributed by atoms with Crippen molar-refractivity contribution in [2.24, 2.45) is 0 Å². The van der Waals surface area contributed by atoms with Gasteiger partial charge in [0.2, 0.25) is 0 Å². The van der Waals surface area contributed by atoms with Gasteiger partial charge in [-0.1, -0.05) is 46.5 Å². The predicted molar refractivity (Wildman–Crippen MR) is 68.6 cm³/mol. The average Bonchev–Trinajstić information content (AvgIpc) is 2.60. The summed E-state index contributed by atoms with van der Waals surface area (Å²) in [6.45, 7) is 3.32. The first-order valence-electron chi connectivity index (χ1n) is 4.49. The third-order valence-electron chi connectivity index (χ3n) is 2.08. The van der Waals surface area contributed by atoms with Gasteiger partial charge in [0.1, 0.15) is 10.8 Å². The fraction of sp³-hybridized carbons (Fsp3) is 0. The summed E-state index contributed by atoms with van der Waals surface area (Å²) in [5.41, 5.74) is 0.633. The second-order valence-electron chi connectivity index (χ2n) is 3.25. The van der Waals surface area contributed by atoms with Gasteiger partial charge in [-0.05, 0) is 18.2 Å². The Morgan fingerprint density at radius 1 is 1.29 bits per heavy atom. The van der Waals surface area contributed by atoms with Crippen molar-refractivity contribution in [2.75, 3.05) is 0 Å². The summed E-state index contributed by atoms with van der Waals surface area (Å²) in [6, 6.07) is 4.86. The number of hydrogen-bond donors (Lipinski definition) is 1. The molecule has 0 atom stereocenters. The normalized spacial score (nSPS) is 10.5. The summed E-state index contributed by atoms with van der Waals surface area (Å²) in [4.78, 5) is 0. The Kier molecular flexibility index (Phi) is 3.33. The Morgan fingerprint density at radius 3 is 2.53 bits per heavy atom. The van der Waals surface area contributed by atoms with E-state index in [1.165, 1.54) is 0 Å². The molecule has 1 heterocycles. The van der Waals surface area contributed by atoms with Gasteiger partial charge in [-0.3, -0.25) is 0 Å². The molecule has 0 amide bonds. The molecule has 0 fully saturated rings. The molecule has 17 heavy (non-hydrogen) atoms. The van der Waals surface area contributed by atoms with Gasteiger partial charge in [-0.15, -0.1) is 0 Å². The fourth-order valence-corrected chi connectivity index (χ4v) is 2.07. The maximum absolute atomic E-state index is 9.22. The van der Waals surface area contributed by atoms with Crippen molar-refractivity contribution in [3.8, 4) is 11.3 Å². The van der Waals surface area contributed by atoms with Gasteiger partial charge in [0, 0.05) is 10.6 Å². The molecule has 0 aliphatic carbocycles. The van der Waals surface area contributed by atoms with Gasteiger partial charge in [0.15, 0.2) is 11.5 Å². The van der Waals surface area contributed by atoms with Gasteiger partial charge >= 0.3 is 0 Å². The Bertz CT molecular complexity index is 592. The molecule has 6 heteroatoms. The predicted octanol–water partition coefficient (Wildman–Crippen LogP) is 4.83. The smallest absolute Gasteiger partial charge is 0.187 e. The van der Waals surface area contributed by atoms with Crippen LogP contribution in [0.3, 0.4) is 0 Å². The second-order valence-corrected chi connectivity index (χ2v) is 4.47. The summed E-state index contributed by atoms with van der Waals surface area (Å²) < 4.78 is 5.03. The molecule has 0 saturated heterocycles. The molecular weight excluding hydrogens is 284 g/mol. The number of aromatic nitrogens is 1. The molecule has 3 nitrogen and oxygen atoms in total. The summed E-state index contributed by atoms with van der Waals surface area (Å²) in [5.74, 6) is -0.00591. The quantitative estimate of drug-likeness (QED) is 0.806. The van der Waals surface area contributed by atoms with E-state index in [1.807, 2.05) is 0 Å². The largest absolute Gasteiger partial charge is 0.506 e. The van der Waals surface area contributed by atoms with E-state index in [4.69, 9.17) is 39.3 Å². The molecule has 2 rings (SSSR count). The van der Waals surface area contributed by atoms with Crippen molar-refractivity contribution in [1.82, 2.24) is 5.16 Å². The first-order valence-corrected chi connectivity index (χ1v) is 5.63. The molecule has 1 aromatic carbocycles. The highest BCUT2D eigenvalue weighted by molar-refractivity contribution is 6.38. The number of rotatable bonds is 2. The monoisotopic (exact) mass is 289 g/mol. The lowest BCUT2D eigenvalue weighted by Crippen LogP contribution is -1.81. The molecule has 88 valence electrons. The lowest BCUT2D eigenvalue weighted by Gasteiger charge is -2.00. The van der Waals surface area contributed by atoms with E-state index in [2.05, 4.69) is 11.7 Å². The molecule has 0 aliphatic rings. The maximum Gasteiger partial charge on any atom is 0.187 e. The molecule has 0 saturated carbocycles. The number of benzene rings is 1. The average molecular weight is 291 g/mol. The van der Waals surface area contributed by atoms with E-state index >= 15 is 0 Å². The number of aliphatic hydroxyl groups excluding tert-OH is 1. The van der Waals surface area contributed by atoms with Crippen LogP contribution in [0.15, 0.2) is 29.3 Å². The maximum atomic E-state index is 9.22. The number of halogens is 3. The van der Waals surface area contributed by atoms with Crippen LogP contribution in [0.25, 0.3) is 17.1 Å². The standard InChI is InChI=1S/C11H6Cl3NO2/c1-5(16)10-9(14)11(17-15-10)7-3-2-6(12)4-8(7)13/h2-4,16H,1H2. The summed E-state index contributed by atoms with van der Waals surface area (Å²) >= 11 is 17.8. The van der Waals surface area contributed by atoms with Crippen molar-refractivity contribution >= 4 is 40.6 Å². The zero-order valence-electron chi connectivity index (χ0n) is 8.38. The highest BCUT2D eigenvalue weighted by Gasteiger charge is 2.19. The molecule has 0 bridgehead atoms. The minimum atomic E-state index is -0.268. The highest BCUT2D eigenvalue weighted by Crippen LogP contribution is 2.37. The highest BCUT2D eigenvalue weighted by atomic mass is 35.5. The summed E-state index contributed by atoms with van der Waals surface area (Å²) in [7, 11) is 0. The number of nitrogens with zero attached hydrogens (tertiary/aromatic N) is 1. The van der Waals surface area contributed by atoms with Crippen molar-refractivity contribution in [1.29, 1.82) is 0 Å². The van der Waals surface area contributed by atoms with Crippen LogP contribution in [-0.2, 0) is 0 Å². The fourth-order valence-electron chi connectivity index (χ4n) is 1.30. The lowest BCUT2D eigenvalue weighted by atomic mass is 10.1. The van der Waals surface area contributed by atoms with Crippen molar-refractivity contribution < 1.29 is 9.63 Å². The lowest BCUT2D eigenvalue weighted by molar-refractivity contribution is 0.421. The Hall–Kier alpha value is -1.16. The summed E-state index contributed by atoms with van der Waals surface area (Å²) in [6.07, 6.45) is 0. The zero-order valence-corrected chi connectivity index (χ0v) is 10.6. The van der Waals surface area contributed by atoms with Gasteiger partial charge < -0.3 is 9.63 Å². The van der Waals surface area contributed by atoms with Crippen LogP contribution in [0.2, 0.25) is 15.1 Å². The molecule has 0 radical (unpaired) electrons. The van der Waals surface area contributed by atoms with E-state index < -0.39 is 0 Å². The van der Waals surface area contributed by atoms with Crippen molar-refractivity contribution in [3.63, 3.8) is 0 Å². The SMILES string of the molecule is C=C(O)c1noc(-c2ccc(Cl)cc2Cl)c1Cl. The number of hydrogen-bond acceptors (Lipinski definition) is 3. The number of aliphatic hydroxyl groups is 1. The Balaban J connectivity index is 2.57. The molecule has 1 aromatic heterocycles. The zero-order chi connectivity index (χ0) is 12.6. The Morgan fingerprint density at radius 2 is 2.00 bits per heavy atom. The van der Waals surface area contributed by atoms with Crippen LogP contribution >= 0.6 is 34.8 Å². The molecule has 0 unspecified atom stereocenters. The molecule has 1 N–H and O–H groups in total. The van der Waals surface area contributed by atoms with Crippen LogP contribution in [0.5, 0.6) is 0 Å². The molecular formula is C11H6Cl3NO2. The van der Waals surface area contributed by atoms with E-state index in [0.29, 0.717) is 15.6 Å². The van der Waals surface area contributed by atoms with Crippen molar-refractivity contribution in [3.05, 3.63) is 45.5 Å². The second kappa shape index (κ2) is 4.61. The molecule has 0 spiro atoms. The van der Waals surface area contributed by atoms with E-state index in [1.54, 1.807) is 18.2 Å². The van der Waals surface area contributed by atoms with E-state index in [-0.39, 0.29) is 22.2 Å². The topological polar surface area (TPSA) is 46.3 Å². The molecule has 2 aromatic rings. The summed E-state index contributed by atoms with van der Waals surface area (Å²) in [5, 5.41) is 13.9.